The van der Waals surface area contributed by atoms with Crippen LogP contribution in [0.4, 0.5) is 0 Å². The molecule has 0 spiro atoms. The zero-order chi connectivity index (χ0) is 19.3. The Balaban J connectivity index is 2.09. The maximum Gasteiger partial charge on any atom is 0.285 e. The van der Waals surface area contributed by atoms with Gasteiger partial charge < -0.3 is 24.2 Å². The Morgan fingerprint density at radius 3 is 2.41 bits per heavy atom. The Kier molecular flexibility index (Phi) is 3.66. The first-order chi connectivity index (χ1) is 12.8. The molecule has 0 saturated heterocycles. The Bertz CT molecular complexity index is 1330. The van der Waals surface area contributed by atoms with E-state index in [-0.39, 0.29) is 40.1 Å². The van der Waals surface area contributed by atoms with Crippen molar-refractivity contribution in [1.82, 2.24) is 0 Å². The third-order valence-electron chi connectivity index (χ3n) is 4.25. The van der Waals surface area contributed by atoms with Crippen LogP contribution in [0.15, 0.2) is 54.8 Å². The van der Waals surface area contributed by atoms with Crippen LogP contribution in [-0.2, 0) is 6.42 Å². The molecule has 2 aromatic heterocycles. The molecule has 0 amide bonds. The molecule has 27 heavy (non-hydrogen) atoms. The highest BCUT2D eigenvalue weighted by Crippen LogP contribution is 2.37. The van der Waals surface area contributed by atoms with Crippen molar-refractivity contribution < 1.29 is 24.2 Å². The van der Waals surface area contributed by atoms with E-state index < -0.39 is 11.4 Å². The first-order valence-electron chi connectivity index (χ1n) is 8.07. The van der Waals surface area contributed by atoms with Gasteiger partial charge in [0.15, 0.2) is 10.9 Å². The standard InChI is InChI=1S/C20H14O7/c1-9-2-15(23)19-11(5-14-6-13(22)8-17(25)27-14)3-10-4-12(21)7-16(24)18(10)20(19)26-9/h2-4,6-8,21,24-25H,5H2,1H3. The molecule has 136 valence electrons. The SMILES string of the molecule is Cc1cc(=O)c2c(Cc3cc(=O)cc(O)o3)cc3cc(O)cc(O)c3c2o1. The fraction of sp³-hybridized carbons (Fsp3) is 0.100. The lowest BCUT2D eigenvalue weighted by Gasteiger charge is -2.11. The molecule has 2 aromatic carbocycles. The third-order valence-corrected chi connectivity index (χ3v) is 4.25. The summed E-state index contributed by atoms with van der Waals surface area (Å²) in [5.41, 5.74) is -0.116. The minimum atomic E-state index is -0.527. The number of rotatable bonds is 2. The molecule has 0 bridgehead atoms. The van der Waals surface area contributed by atoms with Gasteiger partial charge in [-0.15, -0.1) is 0 Å². The number of hydrogen-bond donors (Lipinski definition) is 3. The van der Waals surface area contributed by atoms with Crippen LogP contribution >= 0.6 is 0 Å². The largest absolute Gasteiger partial charge is 0.508 e. The highest BCUT2D eigenvalue weighted by Gasteiger charge is 2.17. The van der Waals surface area contributed by atoms with Crippen molar-refractivity contribution in [3.05, 3.63) is 73.9 Å². The van der Waals surface area contributed by atoms with Gasteiger partial charge in [0, 0.05) is 24.6 Å². The van der Waals surface area contributed by atoms with Gasteiger partial charge in [-0.3, -0.25) is 9.59 Å². The highest BCUT2D eigenvalue weighted by molar-refractivity contribution is 6.09. The number of fused-ring (bicyclic) bond motifs is 3. The normalized spacial score (nSPS) is 11.3. The zero-order valence-corrected chi connectivity index (χ0v) is 14.1. The molecule has 0 atom stereocenters. The number of phenolic OH excluding ortho intramolecular Hbond substituents is 2. The predicted octanol–water partition coefficient (Wildman–Crippen LogP) is 2.92. The van der Waals surface area contributed by atoms with Crippen LogP contribution in [0, 0.1) is 6.92 Å². The maximum atomic E-state index is 12.6. The van der Waals surface area contributed by atoms with Gasteiger partial charge in [0.2, 0.25) is 0 Å². The van der Waals surface area contributed by atoms with Crippen molar-refractivity contribution in [3.8, 4) is 17.4 Å². The summed E-state index contributed by atoms with van der Waals surface area (Å²) in [5.74, 6) is -0.378. The molecule has 4 rings (SSSR count). The lowest BCUT2D eigenvalue weighted by Crippen LogP contribution is -2.06. The summed E-state index contributed by atoms with van der Waals surface area (Å²) in [5, 5.41) is 30.5. The summed E-state index contributed by atoms with van der Waals surface area (Å²) in [6, 6.07) is 7.68. The van der Waals surface area contributed by atoms with E-state index >= 15 is 0 Å². The molecule has 7 heteroatoms. The number of aryl methyl sites for hydroxylation is 1. The second-order valence-corrected chi connectivity index (χ2v) is 6.30. The molecule has 0 unspecified atom stereocenters. The quantitative estimate of drug-likeness (QED) is 0.466. The second-order valence-electron chi connectivity index (χ2n) is 6.30. The molecule has 2 heterocycles. The summed E-state index contributed by atoms with van der Waals surface area (Å²) < 4.78 is 10.9. The average Bonchev–Trinajstić information content (AvgIpc) is 2.52. The van der Waals surface area contributed by atoms with E-state index in [2.05, 4.69) is 0 Å². The molecule has 0 aliphatic heterocycles. The maximum absolute atomic E-state index is 12.6. The van der Waals surface area contributed by atoms with Gasteiger partial charge in [-0.2, -0.15) is 0 Å². The van der Waals surface area contributed by atoms with E-state index in [9.17, 15) is 24.9 Å². The Labute approximate surface area is 151 Å². The van der Waals surface area contributed by atoms with Crippen LogP contribution in [-0.4, -0.2) is 15.3 Å². The van der Waals surface area contributed by atoms with Gasteiger partial charge in [0.1, 0.15) is 28.6 Å². The average molecular weight is 366 g/mol. The van der Waals surface area contributed by atoms with E-state index in [0.29, 0.717) is 22.1 Å². The molecule has 7 nitrogen and oxygen atoms in total. The van der Waals surface area contributed by atoms with Gasteiger partial charge in [-0.25, -0.2) is 0 Å². The lowest BCUT2D eigenvalue weighted by atomic mass is 9.97. The van der Waals surface area contributed by atoms with Crippen LogP contribution in [0.5, 0.6) is 17.4 Å². The van der Waals surface area contributed by atoms with Crippen molar-refractivity contribution in [1.29, 1.82) is 0 Å². The zero-order valence-electron chi connectivity index (χ0n) is 14.1. The van der Waals surface area contributed by atoms with Crippen molar-refractivity contribution in [2.24, 2.45) is 0 Å². The third kappa shape index (κ3) is 2.89. The molecular formula is C20H14O7. The molecule has 0 fully saturated rings. The Morgan fingerprint density at radius 1 is 0.889 bits per heavy atom. The Morgan fingerprint density at radius 2 is 1.67 bits per heavy atom. The minimum Gasteiger partial charge on any atom is -0.508 e. The molecule has 0 saturated carbocycles. The molecule has 0 aliphatic carbocycles. The molecule has 0 aliphatic rings. The summed E-state index contributed by atoms with van der Waals surface area (Å²) >= 11 is 0. The summed E-state index contributed by atoms with van der Waals surface area (Å²) in [6.07, 6.45) is 0.0281. The van der Waals surface area contributed by atoms with Gasteiger partial charge in [-0.1, -0.05) is 0 Å². The summed E-state index contributed by atoms with van der Waals surface area (Å²) in [7, 11) is 0. The smallest absolute Gasteiger partial charge is 0.285 e. The minimum absolute atomic E-state index is 0.0281. The van der Waals surface area contributed by atoms with E-state index in [0.717, 1.165) is 12.1 Å². The molecule has 0 radical (unpaired) electrons. The van der Waals surface area contributed by atoms with Crippen LogP contribution in [0.3, 0.4) is 0 Å². The van der Waals surface area contributed by atoms with E-state index in [1.54, 1.807) is 13.0 Å². The van der Waals surface area contributed by atoms with Crippen LogP contribution in [0.1, 0.15) is 17.1 Å². The summed E-state index contributed by atoms with van der Waals surface area (Å²) in [4.78, 5) is 24.2. The van der Waals surface area contributed by atoms with Crippen LogP contribution < -0.4 is 10.9 Å². The van der Waals surface area contributed by atoms with Gasteiger partial charge >= 0.3 is 0 Å². The Hall–Kier alpha value is -3.74. The van der Waals surface area contributed by atoms with Gasteiger partial charge in [-0.05, 0) is 30.0 Å². The molecular weight excluding hydrogens is 352 g/mol. The predicted molar refractivity (Wildman–Crippen MR) is 97.5 cm³/mol. The fourth-order valence-corrected chi connectivity index (χ4v) is 3.27. The number of phenols is 2. The highest BCUT2D eigenvalue weighted by atomic mass is 16.5. The number of hydrogen-bond acceptors (Lipinski definition) is 7. The first kappa shape index (κ1) is 16.7. The van der Waals surface area contributed by atoms with E-state index in [4.69, 9.17) is 8.83 Å². The topological polar surface area (TPSA) is 121 Å². The monoisotopic (exact) mass is 366 g/mol. The number of benzene rings is 2. The second kappa shape index (κ2) is 5.91. The first-order valence-corrected chi connectivity index (χ1v) is 8.07. The van der Waals surface area contributed by atoms with Gasteiger partial charge in [0.05, 0.1) is 16.8 Å². The lowest BCUT2D eigenvalue weighted by molar-refractivity contribution is 0.309. The molecule has 4 aromatic rings. The van der Waals surface area contributed by atoms with E-state index in [1.165, 1.54) is 18.2 Å². The van der Waals surface area contributed by atoms with Gasteiger partial charge in [0.25, 0.3) is 5.95 Å². The van der Waals surface area contributed by atoms with Crippen molar-refractivity contribution in [2.75, 3.05) is 0 Å². The van der Waals surface area contributed by atoms with Crippen molar-refractivity contribution in [3.63, 3.8) is 0 Å². The van der Waals surface area contributed by atoms with Crippen molar-refractivity contribution >= 4 is 21.7 Å². The van der Waals surface area contributed by atoms with Crippen molar-refractivity contribution in [2.45, 2.75) is 13.3 Å². The van der Waals surface area contributed by atoms with E-state index in [1.807, 2.05) is 0 Å². The fourth-order valence-electron chi connectivity index (χ4n) is 3.27. The molecule has 3 N–H and O–H groups in total. The van der Waals surface area contributed by atoms with Crippen LogP contribution in [0.2, 0.25) is 0 Å². The summed E-state index contributed by atoms with van der Waals surface area (Å²) in [6.45, 7) is 1.62. The number of aromatic hydroxyl groups is 3. The van der Waals surface area contributed by atoms with Crippen LogP contribution in [0.25, 0.3) is 21.7 Å².